The lowest BCUT2D eigenvalue weighted by atomic mass is 10.0. The van der Waals surface area contributed by atoms with Gasteiger partial charge < -0.3 is 15.0 Å². The van der Waals surface area contributed by atoms with Crippen molar-refractivity contribution in [3.8, 4) is 5.75 Å². The van der Waals surface area contributed by atoms with Gasteiger partial charge in [0.2, 0.25) is 0 Å². The lowest BCUT2D eigenvalue weighted by Gasteiger charge is -2.38. The molecule has 4 nitrogen and oxygen atoms in total. The van der Waals surface area contributed by atoms with Crippen molar-refractivity contribution in [2.75, 3.05) is 19.7 Å². The molecule has 1 heterocycles. The molecular formula is C14H17BrN2O2. The number of urea groups is 1. The summed E-state index contributed by atoms with van der Waals surface area (Å²) in [4.78, 5) is 13.6. The average molecular weight is 325 g/mol. The van der Waals surface area contributed by atoms with Crippen molar-refractivity contribution in [3.63, 3.8) is 0 Å². The zero-order valence-electron chi connectivity index (χ0n) is 10.6. The highest BCUT2D eigenvalue weighted by Gasteiger charge is 2.33. The first kappa shape index (κ1) is 12.8. The minimum absolute atomic E-state index is 0.0855. The molecule has 2 aliphatic rings. The number of halogens is 1. The quantitative estimate of drug-likeness (QED) is 0.925. The Bertz CT molecular complexity index is 453. The Balaban J connectivity index is 1.37. The second-order valence-electron chi connectivity index (χ2n) is 5.26. The molecule has 0 aromatic heterocycles. The van der Waals surface area contributed by atoms with E-state index in [4.69, 9.17) is 4.74 Å². The van der Waals surface area contributed by atoms with Gasteiger partial charge in [-0.15, -0.1) is 0 Å². The molecular weight excluding hydrogens is 308 g/mol. The number of rotatable bonds is 4. The third-order valence-corrected chi connectivity index (χ3v) is 3.98. The molecule has 0 radical (unpaired) electrons. The molecule has 5 heteroatoms. The van der Waals surface area contributed by atoms with Gasteiger partial charge in [-0.05, 0) is 37.1 Å². The summed E-state index contributed by atoms with van der Waals surface area (Å²) < 4.78 is 6.75. The van der Waals surface area contributed by atoms with Crippen molar-refractivity contribution in [3.05, 3.63) is 28.7 Å². The van der Waals surface area contributed by atoms with Crippen LogP contribution < -0.4 is 10.1 Å². The standard InChI is InChI=1S/C14H17BrN2O2/c15-11-1-5-13(6-2-11)19-9-10-7-17(8-10)14(18)16-12-3-4-12/h1-2,5-6,10,12H,3-4,7-9H2,(H,16,18). The van der Waals surface area contributed by atoms with Gasteiger partial charge in [-0.1, -0.05) is 15.9 Å². The maximum atomic E-state index is 11.7. The van der Waals surface area contributed by atoms with E-state index in [0.29, 0.717) is 18.6 Å². The molecule has 3 rings (SSSR count). The van der Waals surface area contributed by atoms with Crippen molar-refractivity contribution in [2.45, 2.75) is 18.9 Å². The lowest BCUT2D eigenvalue weighted by molar-refractivity contribution is 0.0855. The molecule has 1 aliphatic carbocycles. The zero-order valence-corrected chi connectivity index (χ0v) is 12.2. The van der Waals surface area contributed by atoms with E-state index in [9.17, 15) is 4.79 Å². The number of carbonyl (C=O) groups is 1. The Labute approximate surface area is 121 Å². The van der Waals surface area contributed by atoms with Crippen molar-refractivity contribution >= 4 is 22.0 Å². The first-order chi connectivity index (χ1) is 9.20. The predicted octanol–water partition coefficient (Wildman–Crippen LogP) is 2.63. The van der Waals surface area contributed by atoms with E-state index in [1.54, 1.807) is 0 Å². The van der Waals surface area contributed by atoms with Gasteiger partial charge in [0.25, 0.3) is 0 Å². The number of hydrogen-bond donors (Lipinski definition) is 1. The first-order valence-electron chi connectivity index (χ1n) is 6.64. The van der Waals surface area contributed by atoms with Crippen LogP contribution in [-0.4, -0.2) is 36.7 Å². The van der Waals surface area contributed by atoms with Gasteiger partial charge >= 0.3 is 6.03 Å². The monoisotopic (exact) mass is 324 g/mol. The second-order valence-corrected chi connectivity index (χ2v) is 6.18. The topological polar surface area (TPSA) is 41.6 Å². The number of likely N-dealkylation sites (tertiary alicyclic amines) is 1. The van der Waals surface area contributed by atoms with Crippen LogP contribution in [0.5, 0.6) is 5.75 Å². The summed E-state index contributed by atoms with van der Waals surface area (Å²) >= 11 is 3.39. The fourth-order valence-corrected chi connectivity index (χ4v) is 2.34. The Morgan fingerprint density at radius 2 is 2.00 bits per heavy atom. The molecule has 102 valence electrons. The summed E-state index contributed by atoms with van der Waals surface area (Å²) in [7, 11) is 0. The first-order valence-corrected chi connectivity index (χ1v) is 7.44. The van der Waals surface area contributed by atoms with Gasteiger partial charge in [0.15, 0.2) is 0 Å². The van der Waals surface area contributed by atoms with Crippen LogP contribution in [0, 0.1) is 5.92 Å². The fraction of sp³-hybridized carbons (Fsp3) is 0.500. The van der Waals surface area contributed by atoms with Crippen LogP contribution in [0.3, 0.4) is 0 Å². The molecule has 19 heavy (non-hydrogen) atoms. The van der Waals surface area contributed by atoms with E-state index in [-0.39, 0.29) is 6.03 Å². The predicted molar refractivity (Wildman–Crippen MR) is 76.3 cm³/mol. The van der Waals surface area contributed by atoms with E-state index in [2.05, 4.69) is 21.2 Å². The van der Waals surface area contributed by atoms with Crippen molar-refractivity contribution in [1.29, 1.82) is 0 Å². The molecule has 2 amide bonds. The maximum absolute atomic E-state index is 11.7. The maximum Gasteiger partial charge on any atom is 0.317 e. The SMILES string of the molecule is O=C(NC1CC1)N1CC(COc2ccc(Br)cc2)C1. The Morgan fingerprint density at radius 1 is 1.32 bits per heavy atom. The number of ether oxygens (including phenoxy) is 1. The van der Waals surface area contributed by atoms with Crippen LogP contribution in [-0.2, 0) is 0 Å². The normalized spacial score (nSPS) is 18.9. The summed E-state index contributed by atoms with van der Waals surface area (Å²) in [5.41, 5.74) is 0. The van der Waals surface area contributed by atoms with Gasteiger partial charge in [0.1, 0.15) is 5.75 Å². The Hall–Kier alpha value is -1.23. The van der Waals surface area contributed by atoms with Crippen LogP contribution in [0.25, 0.3) is 0 Å². The molecule has 0 unspecified atom stereocenters. The summed E-state index contributed by atoms with van der Waals surface area (Å²) in [6, 6.07) is 8.34. The second kappa shape index (κ2) is 5.41. The van der Waals surface area contributed by atoms with Crippen molar-refractivity contribution in [1.82, 2.24) is 10.2 Å². The molecule has 1 aromatic rings. The van der Waals surface area contributed by atoms with Crippen LogP contribution in [0.1, 0.15) is 12.8 Å². The molecule has 1 saturated carbocycles. The van der Waals surface area contributed by atoms with E-state index in [0.717, 1.165) is 36.2 Å². The molecule has 0 spiro atoms. The van der Waals surface area contributed by atoms with Crippen LogP contribution >= 0.6 is 15.9 Å². The summed E-state index contributed by atoms with van der Waals surface area (Å²) in [6.45, 7) is 2.28. The largest absolute Gasteiger partial charge is 0.493 e. The Morgan fingerprint density at radius 3 is 2.63 bits per heavy atom. The van der Waals surface area contributed by atoms with Crippen LogP contribution in [0.15, 0.2) is 28.7 Å². The molecule has 1 aromatic carbocycles. The van der Waals surface area contributed by atoms with Gasteiger partial charge in [-0.25, -0.2) is 4.79 Å². The lowest BCUT2D eigenvalue weighted by Crippen LogP contribution is -2.55. The zero-order chi connectivity index (χ0) is 13.2. The van der Waals surface area contributed by atoms with Crippen LogP contribution in [0.2, 0.25) is 0 Å². The van der Waals surface area contributed by atoms with E-state index >= 15 is 0 Å². The van der Waals surface area contributed by atoms with Gasteiger partial charge in [0.05, 0.1) is 6.61 Å². The molecule has 1 saturated heterocycles. The molecule has 2 fully saturated rings. The highest BCUT2D eigenvalue weighted by molar-refractivity contribution is 9.10. The number of nitrogens with zero attached hydrogens (tertiary/aromatic N) is 1. The van der Waals surface area contributed by atoms with Gasteiger partial charge in [-0.3, -0.25) is 0 Å². The van der Waals surface area contributed by atoms with E-state index < -0.39 is 0 Å². The number of nitrogens with one attached hydrogen (secondary N) is 1. The summed E-state index contributed by atoms with van der Waals surface area (Å²) in [6.07, 6.45) is 2.27. The fourth-order valence-electron chi connectivity index (χ4n) is 2.08. The molecule has 1 N–H and O–H groups in total. The van der Waals surface area contributed by atoms with Crippen LogP contribution in [0.4, 0.5) is 4.79 Å². The highest BCUT2D eigenvalue weighted by Crippen LogP contribution is 2.22. The number of benzene rings is 1. The van der Waals surface area contributed by atoms with E-state index in [1.165, 1.54) is 0 Å². The van der Waals surface area contributed by atoms with Gasteiger partial charge in [-0.2, -0.15) is 0 Å². The number of hydrogen-bond acceptors (Lipinski definition) is 2. The summed E-state index contributed by atoms with van der Waals surface area (Å²) in [5, 5.41) is 3.00. The third kappa shape index (κ3) is 3.41. The number of carbonyl (C=O) groups excluding carboxylic acids is 1. The Kier molecular flexibility index (Phi) is 3.64. The van der Waals surface area contributed by atoms with Gasteiger partial charge in [0, 0.05) is 29.5 Å². The smallest absolute Gasteiger partial charge is 0.317 e. The van der Waals surface area contributed by atoms with Crippen molar-refractivity contribution in [2.24, 2.45) is 5.92 Å². The summed E-state index contributed by atoms with van der Waals surface area (Å²) in [5.74, 6) is 1.33. The number of amides is 2. The highest BCUT2D eigenvalue weighted by atomic mass is 79.9. The minimum atomic E-state index is 0.0855. The van der Waals surface area contributed by atoms with E-state index in [1.807, 2.05) is 29.2 Å². The average Bonchev–Trinajstić information content (AvgIpc) is 3.13. The third-order valence-electron chi connectivity index (χ3n) is 3.45. The molecule has 0 atom stereocenters. The van der Waals surface area contributed by atoms with Crippen molar-refractivity contribution < 1.29 is 9.53 Å². The molecule has 1 aliphatic heterocycles. The minimum Gasteiger partial charge on any atom is -0.493 e. The molecule has 0 bridgehead atoms.